The molecule has 0 saturated carbocycles. The van der Waals surface area contributed by atoms with E-state index in [0.717, 1.165) is 0 Å². The van der Waals surface area contributed by atoms with E-state index < -0.39 is 17.7 Å². The molecule has 1 heterocycles. The van der Waals surface area contributed by atoms with Crippen LogP contribution < -0.4 is 4.74 Å². The molecule has 3 nitrogen and oxygen atoms in total. The molecule has 0 aromatic heterocycles. The standard InChI is InChI=1S/C9H7FO3/c10-6-2-1-3-7-8(6)5(4-13-7)9(11)12/h1-3,5H,4H2,(H,11,12). The minimum Gasteiger partial charge on any atom is -0.492 e. The highest BCUT2D eigenvalue weighted by atomic mass is 19.1. The number of carbonyl (C=O) groups is 1. The Hall–Kier alpha value is -1.58. The minimum atomic E-state index is -1.05. The molecule has 0 saturated heterocycles. The van der Waals surface area contributed by atoms with Gasteiger partial charge in [0, 0.05) is 5.56 Å². The Morgan fingerprint density at radius 3 is 3.08 bits per heavy atom. The first-order valence-corrected chi connectivity index (χ1v) is 3.84. The van der Waals surface area contributed by atoms with Gasteiger partial charge in [0.15, 0.2) is 0 Å². The Balaban J connectivity index is 2.52. The molecular weight excluding hydrogens is 175 g/mol. The number of aliphatic carboxylic acids is 1. The summed E-state index contributed by atoms with van der Waals surface area (Å²) in [5.41, 5.74) is 0.162. The van der Waals surface area contributed by atoms with Crippen LogP contribution in [0.3, 0.4) is 0 Å². The Bertz CT molecular complexity index is 362. The summed E-state index contributed by atoms with van der Waals surface area (Å²) in [7, 11) is 0. The fourth-order valence-corrected chi connectivity index (χ4v) is 1.43. The van der Waals surface area contributed by atoms with Crippen molar-refractivity contribution >= 4 is 5.97 Å². The van der Waals surface area contributed by atoms with Gasteiger partial charge < -0.3 is 9.84 Å². The van der Waals surface area contributed by atoms with E-state index >= 15 is 0 Å². The van der Waals surface area contributed by atoms with Crippen LogP contribution in [0, 0.1) is 5.82 Å². The van der Waals surface area contributed by atoms with Crippen molar-refractivity contribution in [1.29, 1.82) is 0 Å². The maximum absolute atomic E-state index is 13.2. The van der Waals surface area contributed by atoms with Gasteiger partial charge in [0.2, 0.25) is 0 Å². The first-order chi connectivity index (χ1) is 6.20. The van der Waals surface area contributed by atoms with Crippen molar-refractivity contribution in [3.05, 3.63) is 29.6 Å². The Morgan fingerprint density at radius 2 is 2.38 bits per heavy atom. The fourth-order valence-electron chi connectivity index (χ4n) is 1.43. The molecule has 1 aliphatic rings. The summed E-state index contributed by atoms with van der Waals surface area (Å²) < 4.78 is 18.2. The van der Waals surface area contributed by atoms with Crippen molar-refractivity contribution in [2.24, 2.45) is 0 Å². The van der Waals surface area contributed by atoms with Crippen LogP contribution in [0.15, 0.2) is 18.2 Å². The van der Waals surface area contributed by atoms with Crippen LogP contribution >= 0.6 is 0 Å². The summed E-state index contributed by atoms with van der Waals surface area (Å²) in [4.78, 5) is 10.7. The van der Waals surface area contributed by atoms with E-state index in [1.165, 1.54) is 12.1 Å². The third-order valence-electron chi connectivity index (χ3n) is 2.06. The SMILES string of the molecule is O=C(O)C1COc2cccc(F)c21. The van der Waals surface area contributed by atoms with E-state index in [1.807, 2.05) is 0 Å². The van der Waals surface area contributed by atoms with Gasteiger partial charge in [-0.15, -0.1) is 0 Å². The number of fused-ring (bicyclic) bond motifs is 1. The first kappa shape index (κ1) is 8.04. The maximum Gasteiger partial charge on any atom is 0.314 e. The summed E-state index contributed by atoms with van der Waals surface area (Å²) in [6.45, 7) is 0.0194. The van der Waals surface area contributed by atoms with Crippen LogP contribution in [-0.2, 0) is 4.79 Å². The van der Waals surface area contributed by atoms with Gasteiger partial charge >= 0.3 is 5.97 Å². The molecule has 0 fully saturated rings. The van der Waals surface area contributed by atoms with Crippen molar-refractivity contribution in [3.63, 3.8) is 0 Å². The molecule has 1 N–H and O–H groups in total. The second-order valence-electron chi connectivity index (χ2n) is 2.85. The number of hydrogen-bond donors (Lipinski definition) is 1. The number of benzene rings is 1. The van der Waals surface area contributed by atoms with Crippen molar-refractivity contribution in [2.45, 2.75) is 5.92 Å². The minimum absolute atomic E-state index is 0.0194. The van der Waals surface area contributed by atoms with E-state index in [-0.39, 0.29) is 12.2 Å². The molecule has 1 atom stereocenters. The molecule has 68 valence electrons. The van der Waals surface area contributed by atoms with Gasteiger partial charge in [-0.1, -0.05) is 6.07 Å². The van der Waals surface area contributed by atoms with Crippen LogP contribution in [0.1, 0.15) is 11.5 Å². The van der Waals surface area contributed by atoms with Gasteiger partial charge in [0.1, 0.15) is 24.1 Å². The lowest BCUT2D eigenvalue weighted by molar-refractivity contribution is -0.139. The normalized spacial score (nSPS) is 19.3. The van der Waals surface area contributed by atoms with E-state index in [1.54, 1.807) is 6.07 Å². The average Bonchev–Trinajstić information content (AvgIpc) is 2.49. The summed E-state index contributed by atoms with van der Waals surface area (Å²) in [5, 5.41) is 8.74. The average molecular weight is 182 g/mol. The third kappa shape index (κ3) is 1.14. The third-order valence-corrected chi connectivity index (χ3v) is 2.06. The predicted molar refractivity (Wildman–Crippen MR) is 42.3 cm³/mol. The molecule has 1 aromatic carbocycles. The second-order valence-corrected chi connectivity index (χ2v) is 2.85. The Kier molecular flexibility index (Phi) is 1.69. The fraction of sp³-hybridized carbons (Fsp3) is 0.222. The first-order valence-electron chi connectivity index (χ1n) is 3.84. The molecule has 0 bridgehead atoms. The summed E-state index contributed by atoms with van der Waals surface area (Å²) in [6.07, 6.45) is 0. The highest BCUT2D eigenvalue weighted by Gasteiger charge is 2.32. The van der Waals surface area contributed by atoms with E-state index in [0.29, 0.717) is 5.75 Å². The Labute approximate surface area is 73.8 Å². The molecule has 1 aliphatic heterocycles. The molecule has 4 heteroatoms. The maximum atomic E-state index is 13.2. The zero-order valence-corrected chi connectivity index (χ0v) is 6.66. The molecule has 0 radical (unpaired) electrons. The molecule has 0 aliphatic carbocycles. The number of hydrogen-bond acceptors (Lipinski definition) is 2. The number of carboxylic acids is 1. The quantitative estimate of drug-likeness (QED) is 0.713. The lowest BCUT2D eigenvalue weighted by atomic mass is 10.0. The molecule has 0 spiro atoms. The van der Waals surface area contributed by atoms with Crippen LogP contribution in [0.25, 0.3) is 0 Å². The monoisotopic (exact) mass is 182 g/mol. The number of ether oxygens (including phenoxy) is 1. The van der Waals surface area contributed by atoms with Gasteiger partial charge in [-0.05, 0) is 12.1 Å². The van der Waals surface area contributed by atoms with E-state index in [9.17, 15) is 9.18 Å². The summed E-state index contributed by atoms with van der Waals surface area (Å²) in [5.74, 6) is -2.09. The number of rotatable bonds is 1. The van der Waals surface area contributed by atoms with Crippen LogP contribution in [0.5, 0.6) is 5.75 Å². The van der Waals surface area contributed by atoms with E-state index in [2.05, 4.69) is 0 Å². The predicted octanol–water partition coefficient (Wildman–Crippen LogP) is 1.39. The highest BCUT2D eigenvalue weighted by Crippen LogP contribution is 2.35. The van der Waals surface area contributed by atoms with Gasteiger partial charge in [0.25, 0.3) is 0 Å². The lowest BCUT2D eigenvalue weighted by Gasteiger charge is -2.02. The topological polar surface area (TPSA) is 46.5 Å². The van der Waals surface area contributed by atoms with Crippen LogP contribution in [0.4, 0.5) is 4.39 Å². The molecule has 13 heavy (non-hydrogen) atoms. The molecule has 0 amide bonds. The van der Waals surface area contributed by atoms with Gasteiger partial charge in [-0.2, -0.15) is 0 Å². The summed E-state index contributed by atoms with van der Waals surface area (Å²) >= 11 is 0. The molecule has 1 unspecified atom stereocenters. The Morgan fingerprint density at radius 1 is 1.62 bits per heavy atom. The molecule has 1 aromatic rings. The van der Waals surface area contributed by atoms with Crippen LogP contribution in [-0.4, -0.2) is 17.7 Å². The largest absolute Gasteiger partial charge is 0.492 e. The zero-order chi connectivity index (χ0) is 9.42. The molecular formula is C9H7FO3. The smallest absolute Gasteiger partial charge is 0.314 e. The van der Waals surface area contributed by atoms with E-state index in [4.69, 9.17) is 9.84 Å². The number of carboxylic acid groups (broad SMARTS) is 1. The lowest BCUT2D eigenvalue weighted by Crippen LogP contribution is -2.13. The van der Waals surface area contributed by atoms with Gasteiger partial charge in [-0.25, -0.2) is 4.39 Å². The van der Waals surface area contributed by atoms with Crippen LogP contribution in [0.2, 0.25) is 0 Å². The van der Waals surface area contributed by atoms with Crippen molar-refractivity contribution in [2.75, 3.05) is 6.61 Å². The van der Waals surface area contributed by atoms with Crippen molar-refractivity contribution in [3.8, 4) is 5.75 Å². The zero-order valence-electron chi connectivity index (χ0n) is 6.66. The number of halogens is 1. The summed E-state index contributed by atoms with van der Waals surface area (Å²) in [6, 6.07) is 4.31. The van der Waals surface area contributed by atoms with Gasteiger partial charge in [0.05, 0.1) is 0 Å². The second kappa shape index (κ2) is 2.73. The molecule has 2 rings (SSSR count). The van der Waals surface area contributed by atoms with Gasteiger partial charge in [-0.3, -0.25) is 4.79 Å². The van der Waals surface area contributed by atoms with Crippen molar-refractivity contribution < 1.29 is 19.0 Å². The van der Waals surface area contributed by atoms with Crippen molar-refractivity contribution in [1.82, 2.24) is 0 Å². The highest BCUT2D eigenvalue weighted by molar-refractivity contribution is 5.78.